The summed E-state index contributed by atoms with van der Waals surface area (Å²) in [6, 6.07) is 0.374. The Balaban J connectivity index is 0.00000220. The minimum atomic E-state index is -0.0989. The summed E-state index contributed by atoms with van der Waals surface area (Å²) in [5.74, 6) is 0.732. The molecule has 1 aliphatic heterocycles. The molecule has 1 aliphatic rings. The van der Waals surface area contributed by atoms with E-state index >= 15 is 0 Å². The number of piperidine rings is 1. The molecule has 3 N–H and O–H groups in total. The Morgan fingerprint density at radius 3 is 2.68 bits per heavy atom. The summed E-state index contributed by atoms with van der Waals surface area (Å²) in [5.41, 5.74) is 5.99. The Hall–Kier alpha value is -0.400. The zero-order valence-electron chi connectivity index (χ0n) is 13.1. The van der Waals surface area contributed by atoms with Gasteiger partial charge in [-0.2, -0.15) is 0 Å². The number of carbonyl (C=O) groups is 1. The van der Waals surface area contributed by atoms with Crippen LogP contribution >= 0.6 is 36.2 Å². The average Bonchev–Trinajstić information content (AvgIpc) is 2.94. The SMILES string of the molecule is CC1CCN(C(C)CNC(=O)c2csc(CN)n2)CC1.Cl.Cl. The molecule has 1 unspecified atom stereocenters. The quantitative estimate of drug-likeness (QED) is 0.836. The molecule has 1 aromatic rings. The molecule has 0 bridgehead atoms. The van der Waals surface area contributed by atoms with Gasteiger partial charge in [-0.1, -0.05) is 6.92 Å². The lowest BCUT2D eigenvalue weighted by Crippen LogP contribution is -2.45. The second-order valence-electron chi connectivity index (χ2n) is 5.61. The fraction of sp³-hybridized carbons (Fsp3) is 0.714. The van der Waals surface area contributed by atoms with Crippen molar-refractivity contribution in [1.82, 2.24) is 15.2 Å². The molecule has 0 aliphatic carbocycles. The van der Waals surface area contributed by atoms with E-state index in [-0.39, 0.29) is 30.7 Å². The van der Waals surface area contributed by atoms with Crippen molar-refractivity contribution in [1.29, 1.82) is 0 Å². The molecule has 0 spiro atoms. The maximum absolute atomic E-state index is 12.0. The summed E-state index contributed by atoms with van der Waals surface area (Å²) in [4.78, 5) is 18.6. The van der Waals surface area contributed by atoms with Crippen molar-refractivity contribution in [3.63, 3.8) is 0 Å². The van der Waals surface area contributed by atoms with E-state index in [1.807, 2.05) is 0 Å². The topological polar surface area (TPSA) is 71.2 Å². The number of nitrogens with zero attached hydrogens (tertiary/aromatic N) is 2. The number of rotatable bonds is 5. The Bertz CT molecular complexity index is 450. The molecular formula is C14H26Cl2N4OS. The van der Waals surface area contributed by atoms with Gasteiger partial charge in [-0.05, 0) is 38.8 Å². The van der Waals surface area contributed by atoms with Crippen LogP contribution in [-0.2, 0) is 6.54 Å². The second-order valence-corrected chi connectivity index (χ2v) is 6.55. The van der Waals surface area contributed by atoms with Gasteiger partial charge < -0.3 is 11.1 Å². The smallest absolute Gasteiger partial charge is 0.270 e. The summed E-state index contributed by atoms with van der Waals surface area (Å²) in [6.07, 6.45) is 2.51. The van der Waals surface area contributed by atoms with Crippen molar-refractivity contribution in [2.24, 2.45) is 11.7 Å². The first kappa shape index (κ1) is 21.6. The first-order valence-electron chi connectivity index (χ1n) is 7.27. The average molecular weight is 369 g/mol. The van der Waals surface area contributed by atoms with Crippen LogP contribution in [-0.4, -0.2) is 41.5 Å². The number of amides is 1. The molecule has 1 amide bonds. The number of nitrogens with two attached hydrogens (primary N) is 1. The van der Waals surface area contributed by atoms with E-state index in [0.717, 1.165) is 24.0 Å². The Morgan fingerprint density at radius 1 is 1.50 bits per heavy atom. The molecule has 128 valence electrons. The van der Waals surface area contributed by atoms with Crippen LogP contribution in [0.1, 0.15) is 42.2 Å². The number of aromatic nitrogens is 1. The van der Waals surface area contributed by atoms with Gasteiger partial charge in [0.15, 0.2) is 0 Å². The predicted octanol–water partition coefficient (Wildman–Crippen LogP) is 2.30. The summed E-state index contributed by atoms with van der Waals surface area (Å²) in [7, 11) is 0. The highest BCUT2D eigenvalue weighted by Gasteiger charge is 2.21. The molecule has 0 radical (unpaired) electrons. The summed E-state index contributed by atoms with van der Waals surface area (Å²) in [5, 5.41) is 5.54. The fourth-order valence-corrected chi connectivity index (χ4v) is 3.09. The highest BCUT2D eigenvalue weighted by Crippen LogP contribution is 2.17. The van der Waals surface area contributed by atoms with Crippen LogP contribution in [0.2, 0.25) is 0 Å². The largest absolute Gasteiger partial charge is 0.349 e. The van der Waals surface area contributed by atoms with Crippen LogP contribution in [0.4, 0.5) is 0 Å². The van der Waals surface area contributed by atoms with Gasteiger partial charge in [0, 0.05) is 24.5 Å². The van der Waals surface area contributed by atoms with Crippen LogP contribution in [0.15, 0.2) is 5.38 Å². The number of hydrogen-bond donors (Lipinski definition) is 2. The third-order valence-electron chi connectivity index (χ3n) is 3.96. The van der Waals surface area contributed by atoms with Crippen molar-refractivity contribution in [3.05, 3.63) is 16.1 Å². The minimum Gasteiger partial charge on any atom is -0.349 e. The molecule has 1 atom stereocenters. The zero-order chi connectivity index (χ0) is 14.5. The zero-order valence-corrected chi connectivity index (χ0v) is 15.5. The lowest BCUT2D eigenvalue weighted by atomic mass is 9.98. The molecule has 1 fully saturated rings. The van der Waals surface area contributed by atoms with E-state index in [1.165, 1.54) is 24.2 Å². The summed E-state index contributed by atoms with van der Waals surface area (Å²) in [6.45, 7) is 7.80. The van der Waals surface area contributed by atoms with Crippen LogP contribution in [0, 0.1) is 5.92 Å². The Labute approximate surface area is 148 Å². The predicted molar refractivity (Wildman–Crippen MR) is 96.3 cm³/mol. The monoisotopic (exact) mass is 368 g/mol. The summed E-state index contributed by atoms with van der Waals surface area (Å²) >= 11 is 1.43. The Morgan fingerprint density at radius 2 is 2.14 bits per heavy atom. The number of hydrogen-bond acceptors (Lipinski definition) is 5. The number of halogens is 2. The van der Waals surface area contributed by atoms with Gasteiger partial charge in [0.25, 0.3) is 5.91 Å². The Kier molecular flexibility index (Phi) is 10.2. The van der Waals surface area contributed by atoms with E-state index in [2.05, 4.69) is 29.0 Å². The van der Waals surface area contributed by atoms with Gasteiger partial charge >= 0.3 is 0 Å². The van der Waals surface area contributed by atoms with E-state index < -0.39 is 0 Å². The molecule has 0 saturated carbocycles. The van der Waals surface area contributed by atoms with Crippen LogP contribution in [0.5, 0.6) is 0 Å². The summed E-state index contributed by atoms with van der Waals surface area (Å²) < 4.78 is 0. The molecule has 1 saturated heterocycles. The number of nitrogens with one attached hydrogen (secondary N) is 1. The van der Waals surface area contributed by atoms with E-state index in [0.29, 0.717) is 24.8 Å². The van der Waals surface area contributed by atoms with Gasteiger partial charge in [0.05, 0.1) is 0 Å². The number of carbonyl (C=O) groups excluding carboxylic acids is 1. The first-order valence-corrected chi connectivity index (χ1v) is 8.14. The van der Waals surface area contributed by atoms with Crippen molar-refractivity contribution < 1.29 is 4.79 Å². The van der Waals surface area contributed by atoms with E-state index in [4.69, 9.17) is 5.73 Å². The van der Waals surface area contributed by atoms with Gasteiger partial charge in [0.2, 0.25) is 0 Å². The van der Waals surface area contributed by atoms with Crippen molar-refractivity contribution >= 4 is 42.1 Å². The lowest BCUT2D eigenvalue weighted by molar-refractivity contribution is 0.0917. The maximum Gasteiger partial charge on any atom is 0.270 e. The number of likely N-dealkylation sites (tertiary alicyclic amines) is 1. The van der Waals surface area contributed by atoms with Crippen LogP contribution in [0.3, 0.4) is 0 Å². The molecular weight excluding hydrogens is 343 g/mol. The van der Waals surface area contributed by atoms with Crippen molar-refractivity contribution in [2.45, 2.75) is 39.3 Å². The molecule has 2 heterocycles. The molecule has 5 nitrogen and oxygen atoms in total. The second kappa shape index (κ2) is 10.4. The molecule has 22 heavy (non-hydrogen) atoms. The van der Waals surface area contributed by atoms with Crippen molar-refractivity contribution in [3.8, 4) is 0 Å². The van der Waals surface area contributed by atoms with Gasteiger partial charge in [-0.3, -0.25) is 9.69 Å². The number of thiazole rings is 1. The van der Waals surface area contributed by atoms with Crippen LogP contribution < -0.4 is 11.1 Å². The molecule has 8 heteroatoms. The van der Waals surface area contributed by atoms with Gasteiger partial charge in [-0.25, -0.2) is 4.98 Å². The first-order chi connectivity index (χ1) is 9.60. The van der Waals surface area contributed by atoms with Crippen molar-refractivity contribution in [2.75, 3.05) is 19.6 Å². The van der Waals surface area contributed by atoms with Crippen LogP contribution in [0.25, 0.3) is 0 Å². The van der Waals surface area contributed by atoms with E-state index in [1.54, 1.807) is 5.38 Å². The maximum atomic E-state index is 12.0. The normalized spacial score (nSPS) is 17.2. The third kappa shape index (κ3) is 6.01. The lowest BCUT2D eigenvalue weighted by Gasteiger charge is -2.34. The minimum absolute atomic E-state index is 0. The molecule has 0 aromatic carbocycles. The van der Waals surface area contributed by atoms with E-state index in [9.17, 15) is 4.79 Å². The van der Waals surface area contributed by atoms with Gasteiger partial charge in [0.1, 0.15) is 10.7 Å². The standard InChI is InChI=1S/C14H24N4OS.2ClH/c1-10-3-5-18(6-4-10)11(2)8-16-14(19)12-9-20-13(7-15)17-12;;/h9-11H,3-8,15H2,1-2H3,(H,16,19);2*1H. The highest BCUT2D eigenvalue weighted by molar-refractivity contribution is 7.09. The fourth-order valence-electron chi connectivity index (χ4n) is 2.44. The third-order valence-corrected chi connectivity index (χ3v) is 4.83. The molecule has 1 aromatic heterocycles. The molecule has 2 rings (SSSR count). The van der Waals surface area contributed by atoms with Gasteiger partial charge in [-0.15, -0.1) is 36.2 Å². The highest BCUT2D eigenvalue weighted by atomic mass is 35.5.